The number of phenolic OH excluding ortho intramolecular Hbond substituents is 1. The van der Waals surface area contributed by atoms with E-state index in [4.69, 9.17) is 4.74 Å². The summed E-state index contributed by atoms with van der Waals surface area (Å²) in [6.45, 7) is 3.83. The van der Waals surface area contributed by atoms with Gasteiger partial charge in [0, 0.05) is 10.2 Å². The molecule has 2 aromatic carbocycles. The summed E-state index contributed by atoms with van der Waals surface area (Å²) in [5.41, 5.74) is 1.84. The normalized spacial score (nSPS) is 11.6. The lowest BCUT2D eigenvalue weighted by Gasteiger charge is -2.11. The number of phenols is 1. The van der Waals surface area contributed by atoms with Gasteiger partial charge in [0.1, 0.15) is 11.3 Å². The van der Waals surface area contributed by atoms with Gasteiger partial charge in [-0.15, -0.1) is 0 Å². The van der Waals surface area contributed by atoms with E-state index >= 15 is 0 Å². The van der Waals surface area contributed by atoms with Gasteiger partial charge in [-0.25, -0.2) is 4.79 Å². The predicted molar refractivity (Wildman–Crippen MR) is 99.9 cm³/mol. The summed E-state index contributed by atoms with van der Waals surface area (Å²) in [4.78, 5) is 23.9. The standard InChI is InChI=1S/C19H20BrNO4/c1-3-12(2)13-4-7-15(8-5-13)21-18(23)11-25-19(24)16-10-14(20)6-9-17(16)22/h4-10,12,22H,3,11H2,1-2H3,(H,21,23)/t12-/m1/s1. The van der Waals surface area contributed by atoms with Gasteiger partial charge in [-0.3, -0.25) is 4.79 Å². The van der Waals surface area contributed by atoms with Crippen molar-refractivity contribution in [2.24, 2.45) is 0 Å². The Morgan fingerprint density at radius 2 is 1.88 bits per heavy atom. The topological polar surface area (TPSA) is 75.6 Å². The van der Waals surface area contributed by atoms with E-state index < -0.39 is 18.5 Å². The molecule has 0 aliphatic rings. The summed E-state index contributed by atoms with van der Waals surface area (Å²) in [7, 11) is 0. The lowest BCUT2D eigenvalue weighted by molar-refractivity contribution is -0.119. The zero-order chi connectivity index (χ0) is 18.4. The van der Waals surface area contributed by atoms with E-state index in [-0.39, 0.29) is 11.3 Å². The van der Waals surface area contributed by atoms with E-state index in [1.807, 2.05) is 24.3 Å². The number of rotatable bonds is 6. The highest BCUT2D eigenvalue weighted by molar-refractivity contribution is 9.10. The van der Waals surface area contributed by atoms with Gasteiger partial charge in [0.15, 0.2) is 6.61 Å². The van der Waals surface area contributed by atoms with E-state index in [0.29, 0.717) is 16.1 Å². The Hall–Kier alpha value is -2.34. The molecular formula is C19H20BrNO4. The van der Waals surface area contributed by atoms with Crippen molar-refractivity contribution in [1.29, 1.82) is 0 Å². The van der Waals surface area contributed by atoms with E-state index in [1.54, 1.807) is 6.07 Å². The molecule has 5 nitrogen and oxygen atoms in total. The second-order valence-corrected chi connectivity index (χ2v) is 6.63. The van der Waals surface area contributed by atoms with Gasteiger partial charge in [-0.05, 0) is 48.2 Å². The molecule has 1 amide bonds. The van der Waals surface area contributed by atoms with Crippen LogP contribution in [-0.2, 0) is 9.53 Å². The molecule has 0 heterocycles. The Labute approximate surface area is 155 Å². The van der Waals surface area contributed by atoms with Gasteiger partial charge in [-0.2, -0.15) is 0 Å². The average molecular weight is 406 g/mol. The summed E-state index contributed by atoms with van der Waals surface area (Å²) in [6, 6.07) is 12.0. The third kappa shape index (κ3) is 5.32. The highest BCUT2D eigenvalue weighted by Crippen LogP contribution is 2.23. The third-order valence-corrected chi connectivity index (χ3v) is 4.38. The van der Waals surface area contributed by atoms with Crippen LogP contribution in [0, 0.1) is 0 Å². The lowest BCUT2D eigenvalue weighted by Crippen LogP contribution is -2.21. The van der Waals surface area contributed by atoms with Gasteiger partial charge < -0.3 is 15.2 Å². The Bertz CT molecular complexity index is 759. The largest absolute Gasteiger partial charge is 0.507 e. The highest BCUT2D eigenvalue weighted by atomic mass is 79.9. The summed E-state index contributed by atoms with van der Waals surface area (Å²) >= 11 is 3.21. The Morgan fingerprint density at radius 3 is 2.52 bits per heavy atom. The van der Waals surface area contributed by atoms with Gasteiger partial charge >= 0.3 is 5.97 Å². The first-order chi connectivity index (χ1) is 11.9. The van der Waals surface area contributed by atoms with Crippen LogP contribution in [0.5, 0.6) is 5.75 Å². The van der Waals surface area contributed by atoms with Crippen LogP contribution in [0.1, 0.15) is 42.1 Å². The SMILES string of the molecule is CC[C@@H](C)c1ccc(NC(=O)COC(=O)c2cc(Br)ccc2O)cc1. The smallest absolute Gasteiger partial charge is 0.342 e. The molecule has 2 N–H and O–H groups in total. The fourth-order valence-corrected chi connectivity index (χ4v) is 2.57. The van der Waals surface area contributed by atoms with Gasteiger partial charge in [0.2, 0.25) is 0 Å². The van der Waals surface area contributed by atoms with Crippen molar-refractivity contribution in [3.63, 3.8) is 0 Å². The van der Waals surface area contributed by atoms with E-state index in [9.17, 15) is 14.7 Å². The molecule has 0 saturated carbocycles. The monoisotopic (exact) mass is 405 g/mol. The molecule has 1 atom stereocenters. The van der Waals surface area contributed by atoms with Crippen LogP contribution in [0.4, 0.5) is 5.69 Å². The third-order valence-electron chi connectivity index (χ3n) is 3.89. The van der Waals surface area contributed by atoms with Crippen LogP contribution in [0.15, 0.2) is 46.9 Å². The number of esters is 1. The molecule has 0 bridgehead atoms. The molecule has 0 aromatic heterocycles. The molecule has 0 aliphatic carbocycles. The number of hydrogen-bond donors (Lipinski definition) is 2. The van der Waals surface area contributed by atoms with E-state index in [0.717, 1.165) is 6.42 Å². The molecule has 0 saturated heterocycles. The number of carbonyl (C=O) groups excluding carboxylic acids is 2. The van der Waals surface area contributed by atoms with Crippen molar-refractivity contribution in [2.75, 3.05) is 11.9 Å². The minimum absolute atomic E-state index is 0.0000751. The number of amides is 1. The number of ether oxygens (including phenoxy) is 1. The Kier molecular flexibility index (Phi) is 6.58. The molecule has 0 radical (unpaired) electrons. The maximum Gasteiger partial charge on any atom is 0.342 e. The Morgan fingerprint density at radius 1 is 1.20 bits per heavy atom. The summed E-state index contributed by atoms with van der Waals surface area (Å²) < 4.78 is 5.57. The first kappa shape index (κ1) is 19.0. The molecule has 132 valence electrons. The number of hydrogen-bond acceptors (Lipinski definition) is 4. The van der Waals surface area contributed by atoms with Gasteiger partial charge in [0.25, 0.3) is 5.91 Å². The minimum Gasteiger partial charge on any atom is -0.507 e. The molecular weight excluding hydrogens is 386 g/mol. The quantitative estimate of drug-likeness (QED) is 0.695. The second-order valence-electron chi connectivity index (χ2n) is 5.72. The zero-order valence-corrected chi connectivity index (χ0v) is 15.7. The fourth-order valence-electron chi connectivity index (χ4n) is 2.21. The van der Waals surface area contributed by atoms with Gasteiger partial charge in [-0.1, -0.05) is 41.9 Å². The summed E-state index contributed by atoms with van der Waals surface area (Å²) in [5.74, 6) is -0.946. The first-order valence-electron chi connectivity index (χ1n) is 7.96. The number of aromatic hydroxyl groups is 1. The number of carbonyl (C=O) groups is 2. The first-order valence-corrected chi connectivity index (χ1v) is 8.75. The van der Waals surface area contributed by atoms with Crippen molar-refractivity contribution in [3.8, 4) is 5.75 Å². The van der Waals surface area contributed by atoms with Crippen LogP contribution < -0.4 is 5.32 Å². The van der Waals surface area contributed by atoms with Crippen molar-refractivity contribution in [2.45, 2.75) is 26.2 Å². The van der Waals surface area contributed by atoms with Crippen LogP contribution in [-0.4, -0.2) is 23.6 Å². The van der Waals surface area contributed by atoms with E-state index in [2.05, 4.69) is 35.1 Å². The summed E-state index contributed by atoms with van der Waals surface area (Å²) in [6.07, 6.45) is 1.05. The average Bonchev–Trinajstić information content (AvgIpc) is 2.61. The molecule has 0 spiro atoms. The lowest BCUT2D eigenvalue weighted by atomic mass is 9.99. The second kappa shape index (κ2) is 8.67. The zero-order valence-electron chi connectivity index (χ0n) is 14.1. The highest BCUT2D eigenvalue weighted by Gasteiger charge is 2.15. The number of anilines is 1. The van der Waals surface area contributed by atoms with Crippen LogP contribution in [0.3, 0.4) is 0 Å². The van der Waals surface area contributed by atoms with Crippen molar-refractivity contribution in [1.82, 2.24) is 0 Å². The van der Waals surface area contributed by atoms with E-state index in [1.165, 1.54) is 17.7 Å². The Balaban J connectivity index is 1.90. The van der Waals surface area contributed by atoms with Gasteiger partial charge in [0.05, 0.1) is 0 Å². The van der Waals surface area contributed by atoms with Crippen molar-refractivity contribution < 1.29 is 19.4 Å². The fraction of sp³-hybridized carbons (Fsp3) is 0.263. The number of nitrogens with one attached hydrogen (secondary N) is 1. The molecule has 6 heteroatoms. The summed E-state index contributed by atoms with van der Waals surface area (Å²) in [5, 5.41) is 12.3. The van der Waals surface area contributed by atoms with Crippen molar-refractivity contribution >= 4 is 33.5 Å². The van der Waals surface area contributed by atoms with Crippen LogP contribution in [0.25, 0.3) is 0 Å². The van der Waals surface area contributed by atoms with Crippen molar-refractivity contribution in [3.05, 3.63) is 58.1 Å². The molecule has 2 aromatic rings. The molecule has 25 heavy (non-hydrogen) atoms. The number of halogens is 1. The van der Waals surface area contributed by atoms with Crippen LogP contribution in [0.2, 0.25) is 0 Å². The molecule has 0 unspecified atom stereocenters. The molecule has 0 aliphatic heterocycles. The molecule has 0 fully saturated rings. The maximum absolute atomic E-state index is 11.9. The number of benzene rings is 2. The van der Waals surface area contributed by atoms with Crippen LogP contribution >= 0.6 is 15.9 Å². The maximum atomic E-state index is 11.9. The minimum atomic E-state index is -0.763. The molecule has 2 rings (SSSR count). The predicted octanol–water partition coefficient (Wildman–Crippen LogP) is 4.46.